The zero-order valence-corrected chi connectivity index (χ0v) is 14.4. The van der Waals surface area contributed by atoms with Crippen molar-refractivity contribution < 1.29 is 5.11 Å². The Bertz CT molecular complexity index is 424. The third-order valence-corrected chi connectivity index (χ3v) is 6.73. The lowest BCUT2D eigenvalue weighted by molar-refractivity contribution is -0.0270. The first-order chi connectivity index (χ1) is 9.38. The Balaban J connectivity index is 1.94. The van der Waals surface area contributed by atoms with Crippen molar-refractivity contribution in [3.05, 3.63) is 21.9 Å². The first-order valence-corrected chi connectivity index (χ1v) is 9.00. The Hall–Kier alpha value is -0.340. The molecule has 0 unspecified atom stereocenters. The molecule has 2 rings (SSSR count). The minimum Gasteiger partial charge on any atom is -0.390 e. The van der Waals surface area contributed by atoms with E-state index >= 15 is 0 Å². The number of aliphatic hydroxyl groups is 1. The van der Waals surface area contributed by atoms with Crippen LogP contribution in [0.15, 0.2) is 12.1 Å². The Labute approximate surface area is 128 Å². The third-order valence-electron chi connectivity index (χ3n) is 5.50. The Morgan fingerprint density at radius 3 is 2.30 bits per heavy atom. The van der Waals surface area contributed by atoms with Crippen molar-refractivity contribution in [2.45, 2.75) is 78.2 Å². The van der Waals surface area contributed by atoms with Crippen LogP contribution in [0, 0.1) is 11.3 Å². The van der Waals surface area contributed by atoms with Gasteiger partial charge >= 0.3 is 0 Å². The molecule has 1 aliphatic rings. The standard InChI is InChI=1S/C18H30OS/c1-5-15-7-8-16(20-15)13-18(19)11-9-14(10-12-18)17(3,4)6-2/h7-8,14,19H,5-6,9-13H2,1-4H3. The summed E-state index contributed by atoms with van der Waals surface area (Å²) in [4.78, 5) is 2.79. The zero-order chi connectivity index (χ0) is 14.8. The number of hydrogen-bond acceptors (Lipinski definition) is 2. The van der Waals surface area contributed by atoms with Crippen molar-refractivity contribution in [1.29, 1.82) is 0 Å². The molecule has 1 aromatic rings. The van der Waals surface area contributed by atoms with Crippen molar-refractivity contribution in [1.82, 2.24) is 0 Å². The van der Waals surface area contributed by atoms with Crippen LogP contribution in [0.5, 0.6) is 0 Å². The Morgan fingerprint density at radius 2 is 1.80 bits per heavy atom. The van der Waals surface area contributed by atoms with Gasteiger partial charge < -0.3 is 5.11 Å². The molecule has 1 fully saturated rings. The Kier molecular flexibility index (Phi) is 4.96. The van der Waals surface area contributed by atoms with Crippen LogP contribution in [0.2, 0.25) is 0 Å². The molecule has 20 heavy (non-hydrogen) atoms. The fraction of sp³-hybridized carbons (Fsp3) is 0.778. The van der Waals surface area contributed by atoms with Crippen molar-refractivity contribution in [3.8, 4) is 0 Å². The van der Waals surface area contributed by atoms with Gasteiger partial charge in [-0.1, -0.05) is 34.1 Å². The van der Waals surface area contributed by atoms with Gasteiger partial charge in [-0.15, -0.1) is 11.3 Å². The maximum atomic E-state index is 10.9. The number of rotatable bonds is 5. The fourth-order valence-electron chi connectivity index (χ4n) is 3.43. The SMILES string of the molecule is CCc1ccc(CC2(O)CCC(C(C)(C)CC)CC2)s1. The fourth-order valence-corrected chi connectivity index (χ4v) is 4.53. The predicted molar refractivity (Wildman–Crippen MR) is 88.4 cm³/mol. The molecule has 0 saturated heterocycles. The quantitative estimate of drug-likeness (QED) is 0.790. The molecule has 1 aliphatic carbocycles. The van der Waals surface area contributed by atoms with Gasteiger partial charge in [0, 0.05) is 16.2 Å². The summed E-state index contributed by atoms with van der Waals surface area (Å²) in [5.41, 5.74) is -0.0180. The van der Waals surface area contributed by atoms with Gasteiger partial charge in [-0.05, 0) is 55.6 Å². The third kappa shape index (κ3) is 3.65. The van der Waals surface area contributed by atoms with E-state index in [0.717, 1.165) is 31.6 Å². The lowest BCUT2D eigenvalue weighted by Crippen LogP contribution is -2.39. The van der Waals surface area contributed by atoms with E-state index in [1.807, 2.05) is 11.3 Å². The molecule has 2 heteroatoms. The molecule has 0 aromatic carbocycles. The van der Waals surface area contributed by atoms with Gasteiger partial charge in [0.25, 0.3) is 0 Å². The van der Waals surface area contributed by atoms with Crippen LogP contribution < -0.4 is 0 Å². The summed E-state index contributed by atoms with van der Waals surface area (Å²) in [7, 11) is 0. The van der Waals surface area contributed by atoms with Crippen molar-refractivity contribution in [2.24, 2.45) is 11.3 Å². The molecular weight excluding hydrogens is 264 g/mol. The molecule has 0 amide bonds. The van der Waals surface area contributed by atoms with Gasteiger partial charge in [0.15, 0.2) is 0 Å². The van der Waals surface area contributed by atoms with E-state index in [-0.39, 0.29) is 0 Å². The lowest BCUT2D eigenvalue weighted by Gasteiger charge is -2.42. The van der Waals surface area contributed by atoms with Crippen LogP contribution in [-0.2, 0) is 12.8 Å². The van der Waals surface area contributed by atoms with Crippen LogP contribution in [0.4, 0.5) is 0 Å². The van der Waals surface area contributed by atoms with E-state index in [1.165, 1.54) is 29.0 Å². The van der Waals surface area contributed by atoms with E-state index in [2.05, 4.69) is 39.8 Å². The molecule has 0 aliphatic heterocycles. The average molecular weight is 295 g/mol. The molecule has 1 heterocycles. The van der Waals surface area contributed by atoms with Crippen LogP contribution in [0.3, 0.4) is 0 Å². The van der Waals surface area contributed by atoms with E-state index in [0.29, 0.717) is 5.41 Å². The molecule has 1 nitrogen and oxygen atoms in total. The van der Waals surface area contributed by atoms with Gasteiger partial charge in [-0.3, -0.25) is 0 Å². The first kappa shape index (κ1) is 16.0. The monoisotopic (exact) mass is 294 g/mol. The topological polar surface area (TPSA) is 20.2 Å². The van der Waals surface area contributed by atoms with Crippen molar-refractivity contribution in [2.75, 3.05) is 0 Å². The number of aryl methyl sites for hydroxylation is 1. The largest absolute Gasteiger partial charge is 0.390 e. The van der Waals surface area contributed by atoms with Crippen molar-refractivity contribution >= 4 is 11.3 Å². The summed E-state index contributed by atoms with van der Waals surface area (Å²) in [6, 6.07) is 4.43. The molecule has 114 valence electrons. The lowest BCUT2D eigenvalue weighted by atomic mass is 9.66. The van der Waals surface area contributed by atoms with Crippen LogP contribution >= 0.6 is 11.3 Å². The number of thiophene rings is 1. The van der Waals surface area contributed by atoms with Crippen LogP contribution in [0.25, 0.3) is 0 Å². The summed E-state index contributed by atoms with van der Waals surface area (Å²) in [5.74, 6) is 0.780. The smallest absolute Gasteiger partial charge is 0.0696 e. The highest BCUT2D eigenvalue weighted by atomic mass is 32.1. The summed E-state index contributed by atoms with van der Waals surface area (Å²) >= 11 is 1.88. The van der Waals surface area contributed by atoms with Gasteiger partial charge in [-0.2, -0.15) is 0 Å². The number of hydrogen-bond donors (Lipinski definition) is 1. The van der Waals surface area contributed by atoms with Crippen molar-refractivity contribution in [3.63, 3.8) is 0 Å². The maximum Gasteiger partial charge on any atom is 0.0696 e. The summed E-state index contributed by atoms with van der Waals surface area (Å²) in [6.45, 7) is 9.25. The van der Waals surface area contributed by atoms with Gasteiger partial charge in [0.2, 0.25) is 0 Å². The van der Waals surface area contributed by atoms with E-state index in [1.54, 1.807) is 0 Å². The van der Waals surface area contributed by atoms with E-state index < -0.39 is 5.60 Å². The second kappa shape index (κ2) is 6.19. The minimum absolute atomic E-state index is 0.430. The second-order valence-electron chi connectivity index (χ2n) is 7.24. The van der Waals surface area contributed by atoms with Gasteiger partial charge in [-0.25, -0.2) is 0 Å². The van der Waals surface area contributed by atoms with Gasteiger partial charge in [0.1, 0.15) is 0 Å². The minimum atomic E-state index is -0.448. The molecule has 1 saturated carbocycles. The molecule has 1 aromatic heterocycles. The Morgan fingerprint density at radius 1 is 1.20 bits per heavy atom. The van der Waals surface area contributed by atoms with Crippen LogP contribution in [-0.4, -0.2) is 10.7 Å². The normalized spacial score (nSPS) is 27.8. The summed E-state index contributed by atoms with van der Waals surface area (Å²) < 4.78 is 0. The van der Waals surface area contributed by atoms with E-state index in [9.17, 15) is 5.11 Å². The molecule has 1 N–H and O–H groups in total. The zero-order valence-electron chi connectivity index (χ0n) is 13.5. The van der Waals surface area contributed by atoms with Crippen LogP contribution in [0.1, 0.15) is 69.6 Å². The molecule has 0 radical (unpaired) electrons. The maximum absolute atomic E-state index is 10.9. The average Bonchev–Trinajstić information content (AvgIpc) is 2.86. The molecule has 0 atom stereocenters. The summed E-state index contributed by atoms with van der Waals surface area (Å²) in [5, 5.41) is 10.9. The highest BCUT2D eigenvalue weighted by molar-refractivity contribution is 7.12. The second-order valence-corrected chi connectivity index (χ2v) is 8.49. The summed E-state index contributed by atoms with van der Waals surface area (Å²) in [6.07, 6.45) is 7.52. The van der Waals surface area contributed by atoms with E-state index in [4.69, 9.17) is 0 Å². The highest BCUT2D eigenvalue weighted by Crippen LogP contribution is 2.44. The molecular formula is C18H30OS. The molecule has 0 spiro atoms. The predicted octanol–water partition coefficient (Wildman–Crippen LogP) is 5.21. The molecule has 0 bridgehead atoms. The van der Waals surface area contributed by atoms with Gasteiger partial charge in [0.05, 0.1) is 5.60 Å². The highest BCUT2D eigenvalue weighted by Gasteiger charge is 2.38. The first-order valence-electron chi connectivity index (χ1n) is 8.18.